The Labute approximate surface area is 125 Å². The Hall–Kier alpha value is -3.01. The number of aromatic amines is 1. The van der Waals surface area contributed by atoms with Gasteiger partial charge in [-0.15, -0.1) is 0 Å². The van der Waals surface area contributed by atoms with Crippen molar-refractivity contribution in [1.82, 2.24) is 20.2 Å². The largest absolute Gasteiger partial charge is 0.383 e. The average Bonchev–Trinajstić information content (AvgIpc) is 2.92. The third-order valence-corrected chi connectivity index (χ3v) is 3.35. The normalized spacial score (nSPS) is 11.0. The zero-order valence-corrected chi connectivity index (χ0v) is 12.1. The van der Waals surface area contributed by atoms with Crippen molar-refractivity contribution in [3.05, 3.63) is 35.4 Å². The molecule has 110 valence electrons. The summed E-state index contributed by atoms with van der Waals surface area (Å²) < 4.78 is 13.4. The number of fused-ring (bicyclic) bond motifs is 1. The van der Waals surface area contributed by atoms with Gasteiger partial charge < -0.3 is 5.73 Å². The van der Waals surface area contributed by atoms with E-state index < -0.39 is 5.82 Å². The van der Waals surface area contributed by atoms with Crippen LogP contribution in [-0.4, -0.2) is 20.2 Å². The number of hydrogen-bond donors (Lipinski definition) is 2. The number of benzene rings is 1. The fourth-order valence-electron chi connectivity index (χ4n) is 2.20. The zero-order valence-electron chi connectivity index (χ0n) is 12.1. The summed E-state index contributed by atoms with van der Waals surface area (Å²) in [4.78, 5) is 8.66. The van der Waals surface area contributed by atoms with Crippen LogP contribution in [0.15, 0.2) is 18.2 Å². The van der Waals surface area contributed by atoms with Crippen molar-refractivity contribution in [2.75, 3.05) is 5.73 Å². The van der Waals surface area contributed by atoms with Crippen molar-refractivity contribution in [2.45, 2.75) is 19.8 Å². The predicted octanol–water partition coefficient (Wildman–Crippen LogP) is 2.74. The Balaban J connectivity index is 2.23. The van der Waals surface area contributed by atoms with Crippen LogP contribution < -0.4 is 5.73 Å². The van der Waals surface area contributed by atoms with E-state index in [2.05, 4.69) is 20.2 Å². The quantitative estimate of drug-likeness (QED) is 0.756. The lowest BCUT2D eigenvalue weighted by molar-refractivity contribution is 0.624. The van der Waals surface area contributed by atoms with Crippen LogP contribution in [0.1, 0.15) is 31.2 Å². The average molecular weight is 296 g/mol. The second-order valence-electron chi connectivity index (χ2n) is 5.23. The Kier molecular flexibility index (Phi) is 3.22. The number of nitrogens with zero attached hydrogens (tertiary/aromatic N) is 4. The summed E-state index contributed by atoms with van der Waals surface area (Å²) in [5.74, 6) is 0.476. The van der Waals surface area contributed by atoms with Crippen LogP contribution in [0.3, 0.4) is 0 Å². The first-order chi connectivity index (χ1) is 10.5. The smallest absolute Gasteiger partial charge is 0.187 e. The summed E-state index contributed by atoms with van der Waals surface area (Å²) in [7, 11) is 0. The molecule has 0 aliphatic carbocycles. The number of hydrogen-bond acceptors (Lipinski definition) is 5. The number of halogens is 1. The van der Waals surface area contributed by atoms with E-state index in [1.54, 1.807) is 6.07 Å². The molecule has 7 heteroatoms. The van der Waals surface area contributed by atoms with Gasteiger partial charge >= 0.3 is 0 Å². The summed E-state index contributed by atoms with van der Waals surface area (Å²) in [6.45, 7) is 3.93. The lowest BCUT2D eigenvalue weighted by atomic mass is 10.1. The molecule has 0 fully saturated rings. The topological polar surface area (TPSA) is 104 Å². The molecule has 0 atom stereocenters. The fraction of sp³-hybridized carbons (Fsp3) is 0.200. The maximum atomic E-state index is 13.4. The monoisotopic (exact) mass is 296 g/mol. The second kappa shape index (κ2) is 5.07. The molecule has 0 radical (unpaired) electrons. The van der Waals surface area contributed by atoms with Crippen molar-refractivity contribution in [3.63, 3.8) is 0 Å². The Morgan fingerprint density at radius 3 is 2.77 bits per heavy atom. The lowest BCUT2D eigenvalue weighted by Gasteiger charge is -2.06. The van der Waals surface area contributed by atoms with Gasteiger partial charge in [-0.1, -0.05) is 13.8 Å². The molecular weight excluding hydrogens is 283 g/mol. The zero-order chi connectivity index (χ0) is 15.9. The molecule has 22 heavy (non-hydrogen) atoms. The van der Waals surface area contributed by atoms with Crippen LogP contribution in [0.4, 0.5) is 10.2 Å². The highest BCUT2D eigenvalue weighted by atomic mass is 19.1. The molecule has 0 aliphatic heterocycles. The van der Waals surface area contributed by atoms with Crippen LogP contribution in [0.25, 0.3) is 22.3 Å². The molecule has 3 N–H and O–H groups in total. The van der Waals surface area contributed by atoms with Crippen molar-refractivity contribution in [3.8, 4) is 17.3 Å². The standard InChI is InChI=1S/C15H13FN6/c1-7(2)14-19-13(18)11-12(21-22-15(11)20-14)8-3-4-10(16)9(5-8)6-17/h3-5,7H,1-2H3,(H3,18,19,20,21,22). The first kappa shape index (κ1) is 13.9. The minimum absolute atomic E-state index is 0.0430. The number of nitrogens with one attached hydrogen (secondary N) is 1. The van der Waals surface area contributed by atoms with Crippen molar-refractivity contribution >= 4 is 16.9 Å². The number of nitrogen functional groups attached to an aromatic ring is 1. The van der Waals surface area contributed by atoms with E-state index in [1.165, 1.54) is 12.1 Å². The van der Waals surface area contributed by atoms with E-state index in [1.807, 2.05) is 19.9 Å². The molecule has 2 aromatic heterocycles. The predicted molar refractivity (Wildman–Crippen MR) is 80.3 cm³/mol. The molecule has 0 saturated carbocycles. The van der Waals surface area contributed by atoms with Gasteiger partial charge in [-0.05, 0) is 18.2 Å². The van der Waals surface area contributed by atoms with Crippen molar-refractivity contribution in [2.24, 2.45) is 0 Å². The maximum absolute atomic E-state index is 13.4. The number of nitrogens with two attached hydrogens (primary N) is 1. The van der Waals surface area contributed by atoms with Gasteiger partial charge in [-0.25, -0.2) is 14.4 Å². The van der Waals surface area contributed by atoms with Crippen molar-refractivity contribution < 1.29 is 4.39 Å². The van der Waals surface area contributed by atoms with Gasteiger partial charge in [-0.3, -0.25) is 5.10 Å². The molecule has 6 nitrogen and oxygen atoms in total. The Bertz CT molecular complexity index is 906. The van der Waals surface area contributed by atoms with Gasteiger partial charge in [-0.2, -0.15) is 10.4 Å². The first-order valence-corrected chi connectivity index (χ1v) is 6.72. The summed E-state index contributed by atoms with van der Waals surface area (Å²) in [6.07, 6.45) is 0. The third-order valence-electron chi connectivity index (χ3n) is 3.35. The first-order valence-electron chi connectivity index (χ1n) is 6.72. The van der Waals surface area contributed by atoms with E-state index >= 15 is 0 Å². The van der Waals surface area contributed by atoms with E-state index in [0.29, 0.717) is 33.9 Å². The number of H-pyrrole nitrogens is 1. The lowest BCUT2D eigenvalue weighted by Crippen LogP contribution is -2.02. The van der Waals surface area contributed by atoms with Crippen molar-refractivity contribution in [1.29, 1.82) is 5.26 Å². The van der Waals surface area contributed by atoms with Gasteiger partial charge in [0.15, 0.2) is 5.65 Å². The summed E-state index contributed by atoms with van der Waals surface area (Å²) in [6, 6.07) is 6.05. The fourth-order valence-corrected chi connectivity index (χ4v) is 2.20. The molecule has 0 amide bonds. The molecule has 0 unspecified atom stereocenters. The van der Waals surface area contributed by atoms with Crippen LogP contribution in [0.2, 0.25) is 0 Å². The highest BCUT2D eigenvalue weighted by molar-refractivity contribution is 5.98. The molecule has 0 aliphatic rings. The highest BCUT2D eigenvalue weighted by Crippen LogP contribution is 2.30. The molecule has 0 spiro atoms. The summed E-state index contributed by atoms with van der Waals surface area (Å²) in [5, 5.41) is 16.5. The molecule has 0 bridgehead atoms. The highest BCUT2D eigenvalue weighted by Gasteiger charge is 2.17. The molecule has 3 aromatic rings. The molecule has 1 aromatic carbocycles. The van der Waals surface area contributed by atoms with Gasteiger partial charge in [0, 0.05) is 11.5 Å². The number of rotatable bonds is 2. The number of aromatic nitrogens is 4. The van der Waals surface area contributed by atoms with Crippen LogP contribution in [-0.2, 0) is 0 Å². The van der Waals surface area contributed by atoms with Crippen LogP contribution in [0, 0.1) is 17.1 Å². The summed E-state index contributed by atoms with van der Waals surface area (Å²) in [5.41, 5.74) is 7.61. The maximum Gasteiger partial charge on any atom is 0.187 e. The third kappa shape index (κ3) is 2.15. The Morgan fingerprint density at radius 2 is 2.09 bits per heavy atom. The number of nitriles is 1. The minimum Gasteiger partial charge on any atom is -0.383 e. The van der Waals surface area contributed by atoms with E-state index in [4.69, 9.17) is 11.0 Å². The van der Waals surface area contributed by atoms with E-state index in [9.17, 15) is 4.39 Å². The molecular formula is C15H13FN6. The SMILES string of the molecule is CC(C)c1nc(N)c2c(-c3ccc(F)c(C#N)c3)[nH]nc2n1. The minimum atomic E-state index is -0.568. The molecule has 0 saturated heterocycles. The van der Waals surface area contributed by atoms with Gasteiger partial charge in [0.2, 0.25) is 0 Å². The van der Waals surface area contributed by atoms with E-state index in [0.717, 1.165) is 0 Å². The van der Waals surface area contributed by atoms with Crippen LogP contribution in [0.5, 0.6) is 0 Å². The van der Waals surface area contributed by atoms with Crippen LogP contribution >= 0.6 is 0 Å². The second-order valence-corrected chi connectivity index (χ2v) is 5.23. The van der Waals surface area contributed by atoms with Gasteiger partial charge in [0.25, 0.3) is 0 Å². The number of anilines is 1. The Morgan fingerprint density at radius 1 is 1.32 bits per heavy atom. The summed E-state index contributed by atoms with van der Waals surface area (Å²) >= 11 is 0. The van der Waals surface area contributed by atoms with Gasteiger partial charge in [0.1, 0.15) is 23.5 Å². The van der Waals surface area contributed by atoms with E-state index in [-0.39, 0.29) is 11.5 Å². The van der Waals surface area contributed by atoms with Gasteiger partial charge in [0.05, 0.1) is 16.6 Å². The molecule has 2 heterocycles. The molecule has 3 rings (SSSR count).